The predicted octanol–water partition coefficient (Wildman–Crippen LogP) is 5.03. The molecule has 4 rings (SSSR count). The zero-order chi connectivity index (χ0) is 21.3. The van der Waals surface area contributed by atoms with E-state index in [4.69, 9.17) is 0 Å². The second-order valence-corrected chi connectivity index (χ2v) is 6.63. The first kappa shape index (κ1) is 19.4. The van der Waals surface area contributed by atoms with E-state index in [9.17, 15) is 23.1 Å². The van der Waals surface area contributed by atoms with E-state index in [-0.39, 0.29) is 5.56 Å². The van der Waals surface area contributed by atoms with E-state index in [1.807, 2.05) is 24.3 Å². The zero-order valence-corrected chi connectivity index (χ0v) is 15.4. The van der Waals surface area contributed by atoms with Crippen LogP contribution < -0.4 is 10.4 Å². The van der Waals surface area contributed by atoms with E-state index in [1.165, 1.54) is 18.2 Å². The van der Waals surface area contributed by atoms with Crippen molar-refractivity contribution in [3.63, 3.8) is 0 Å². The molecule has 0 atom stereocenters. The van der Waals surface area contributed by atoms with Crippen LogP contribution in [0.5, 0.6) is 0 Å². The second kappa shape index (κ2) is 7.51. The summed E-state index contributed by atoms with van der Waals surface area (Å²) < 4.78 is 39.0. The largest absolute Gasteiger partial charge is 0.545 e. The van der Waals surface area contributed by atoms with Gasteiger partial charge in [0.1, 0.15) is 0 Å². The van der Waals surface area contributed by atoms with Crippen LogP contribution in [0.2, 0.25) is 0 Å². The molecule has 0 aliphatic rings. The van der Waals surface area contributed by atoms with Crippen LogP contribution in [-0.4, -0.2) is 11.0 Å². The fourth-order valence-corrected chi connectivity index (χ4v) is 3.22. The Bertz CT molecular complexity index is 1240. The summed E-state index contributed by atoms with van der Waals surface area (Å²) in [6, 6.07) is 18.5. The van der Waals surface area contributed by atoms with Crippen molar-refractivity contribution in [1.82, 2.24) is 4.98 Å². The number of aromatic carboxylic acids is 1. The molecule has 0 saturated carbocycles. The Balaban J connectivity index is 1.75. The fourth-order valence-electron chi connectivity index (χ4n) is 3.22. The van der Waals surface area contributed by atoms with Crippen LogP contribution in [-0.2, 0) is 6.18 Å². The molecule has 0 amide bonds. The highest BCUT2D eigenvalue weighted by atomic mass is 19.4. The minimum Gasteiger partial charge on any atom is -0.545 e. The minimum absolute atomic E-state index is 0.0610. The van der Waals surface area contributed by atoms with Crippen LogP contribution in [0.25, 0.3) is 22.0 Å². The molecule has 0 unspecified atom stereocenters. The molecule has 150 valence electrons. The number of carboxylic acid groups (broad SMARTS) is 1. The first-order chi connectivity index (χ1) is 14.3. The molecule has 0 aliphatic heterocycles. The summed E-state index contributed by atoms with van der Waals surface area (Å²) in [4.78, 5) is 15.4. The van der Waals surface area contributed by atoms with Gasteiger partial charge in [-0.25, -0.2) is 0 Å². The quantitative estimate of drug-likeness (QED) is 0.516. The molecule has 1 heterocycles. The number of carbonyl (C=O) groups excluding carboxylic acids is 1. The summed E-state index contributed by atoms with van der Waals surface area (Å²) in [7, 11) is 0. The van der Waals surface area contributed by atoms with Crippen molar-refractivity contribution in [3.8, 4) is 11.3 Å². The Morgan fingerprint density at radius 2 is 1.60 bits per heavy atom. The average Bonchev–Trinajstić information content (AvgIpc) is 2.74. The molecule has 7 heteroatoms. The number of halogens is 3. The average molecular weight is 407 g/mol. The molecular weight excluding hydrogens is 393 g/mol. The topological polar surface area (TPSA) is 65.0 Å². The number of anilines is 2. The standard InChI is InChI=1S/C23H15F3N2O2/c24-23(25,26)16-4-3-5-17(12-16)28-20-13-27-21(19-7-2-1-6-18(19)20)14-8-10-15(11-9-14)22(29)30/h1-13,28H,(H,29,30)/p-1. The van der Waals surface area contributed by atoms with Gasteiger partial charge >= 0.3 is 6.18 Å². The normalized spacial score (nSPS) is 11.4. The molecule has 0 saturated heterocycles. The van der Waals surface area contributed by atoms with Crippen molar-refractivity contribution in [2.24, 2.45) is 0 Å². The van der Waals surface area contributed by atoms with Crippen LogP contribution >= 0.6 is 0 Å². The first-order valence-electron chi connectivity index (χ1n) is 8.97. The molecule has 0 fully saturated rings. The molecule has 3 aromatic carbocycles. The monoisotopic (exact) mass is 407 g/mol. The zero-order valence-electron chi connectivity index (χ0n) is 15.4. The number of benzene rings is 3. The van der Waals surface area contributed by atoms with Crippen molar-refractivity contribution in [2.45, 2.75) is 6.18 Å². The smallest absolute Gasteiger partial charge is 0.416 e. The molecule has 1 N–H and O–H groups in total. The lowest BCUT2D eigenvalue weighted by Crippen LogP contribution is -2.21. The van der Waals surface area contributed by atoms with Gasteiger partial charge in [0.05, 0.1) is 29.1 Å². The van der Waals surface area contributed by atoms with Crippen LogP contribution in [0.4, 0.5) is 24.5 Å². The number of carbonyl (C=O) groups is 1. The molecule has 4 aromatic rings. The summed E-state index contributed by atoms with van der Waals surface area (Å²) in [6.07, 6.45) is -2.88. The van der Waals surface area contributed by atoms with E-state index in [1.54, 1.807) is 24.4 Å². The van der Waals surface area contributed by atoms with Crippen molar-refractivity contribution in [1.29, 1.82) is 0 Å². The van der Waals surface area contributed by atoms with E-state index >= 15 is 0 Å². The van der Waals surface area contributed by atoms with Gasteiger partial charge in [-0.1, -0.05) is 54.6 Å². The Morgan fingerprint density at radius 3 is 2.27 bits per heavy atom. The third-order valence-electron chi connectivity index (χ3n) is 4.66. The lowest BCUT2D eigenvalue weighted by Gasteiger charge is -2.14. The van der Waals surface area contributed by atoms with Crippen molar-refractivity contribution >= 4 is 28.1 Å². The fraction of sp³-hybridized carbons (Fsp3) is 0.0435. The number of hydrogen-bond acceptors (Lipinski definition) is 4. The van der Waals surface area contributed by atoms with E-state index in [2.05, 4.69) is 10.3 Å². The van der Waals surface area contributed by atoms with Crippen LogP contribution in [0.15, 0.2) is 79.0 Å². The Morgan fingerprint density at radius 1 is 0.900 bits per heavy atom. The summed E-state index contributed by atoms with van der Waals surface area (Å²) in [5.74, 6) is -1.26. The van der Waals surface area contributed by atoms with E-state index in [0.717, 1.165) is 22.9 Å². The molecule has 0 radical (unpaired) electrons. The number of aromatic nitrogens is 1. The van der Waals surface area contributed by atoms with Gasteiger partial charge in [0.2, 0.25) is 0 Å². The number of fused-ring (bicyclic) bond motifs is 1. The predicted molar refractivity (Wildman–Crippen MR) is 106 cm³/mol. The number of carboxylic acids is 1. The van der Waals surface area contributed by atoms with Gasteiger partial charge in [0.25, 0.3) is 0 Å². The molecule has 0 bridgehead atoms. The minimum atomic E-state index is -4.43. The van der Waals surface area contributed by atoms with Gasteiger partial charge in [-0.3, -0.25) is 4.98 Å². The number of alkyl halides is 3. The van der Waals surface area contributed by atoms with Gasteiger partial charge in [-0.05, 0) is 23.8 Å². The number of nitrogens with one attached hydrogen (secondary N) is 1. The first-order valence-corrected chi connectivity index (χ1v) is 8.97. The van der Waals surface area contributed by atoms with Crippen molar-refractivity contribution in [2.75, 3.05) is 5.32 Å². The lowest BCUT2D eigenvalue weighted by molar-refractivity contribution is -0.255. The summed E-state index contributed by atoms with van der Waals surface area (Å²) in [5.41, 5.74) is 1.51. The second-order valence-electron chi connectivity index (χ2n) is 6.63. The van der Waals surface area contributed by atoms with Crippen LogP contribution in [0.1, 0.15) is 15.9 Å². The van der Waals surface area contributed by atoms with Crippen LogP contribution in [0.3, 0.4) is 0 Å². The van der Waals surface area contributed by atoms with Gasteiger partial charge in [0, 0.05) is 22.0 Å². The van der Waals surface area contributed by atoms with Crippen molar-refractivity contribution < 1.29 is 23.1 Å². The Labute approximate surface area is 169 Å². The summed E-state index contributed by atoms with van der Waals surface area (Å²) in [6.45, 7) is 0. The number of pyridine rings is 1. The van der Waals surface area contributed by atoms with Gasteiger partial charge in [-0.2, -0.15) is 13.2 Å². The van der Waals surface area contributed by atoms with Gasteiger partial charge in [-0.15, -0.1) is 0 Å². The number of nitrogens with zero attached hydrogens (tertiary/aromatic N) is 1. The van der Waals surface area contributed by atoms with E-state index in [0.29, 0.717) is 22.6 Å². The summed E-state index contributed by atoms with van der Waals surface area (Å²) in [5, 5.41) is 15.5. The number of rotatable bonds is 4. The molecule has 0 spiro atoms. The molecule has 30 heavy (non-hydrogen) atoms. The lowest BCUT2D eigenvalue weighted by atomic mass is 10.0. The third-order valence-corrected chi connectivity index (χ3v) is 4.66. The highest BCUT2D eigenvalue weighted by Crippen LogP contribution is 2.35. The van der Waals surface area contributed by atoms with Gasteiger partial charge < -0.3 is 15.2 Å². The molecule has 0 aliphatic carbocycles. The highest BCUT2D eigenvalue weighted by molar-refractivity contribution is 6.02. The Kier molecular flexibility index (Phi) is 4.87. The molecule has 4 nitrogen and oxygen atoms in total. The van der Waals surface area contributed by atoms with E-state index < -0.39 is 17.7 Å². The van der Waals surface area contributed by atoms with Crippen LogP contribution in [0, 0.1) is 0 Å². The maximum Gasteiger partial charge on any atom is 0.416 e. The molecule has 1 aromatic heterocycles. The highest BCUT2D eigenvalue weighted by Gasteiger charge is 2.30. The van der Waals surface area contributed by atoms with Crippen molar-refractivity contribution in [3.05, 3.63) is 90.1 Å². The third kappa shape index (κ3) is 3.82. The molecular formula is C23H14F3N2O2-. The van der Waals surface area contributed by atoms with Gasteiger partial charge in [0.15, 0.2) is 0 Å². The summed E-state index contributed by atoms with van der Waals surface area (Å²) >= 11 is 0. The maximum atomic E-state index is 13.0. The number of hydrogen-bond donors (Lipinski definition) is 1. The Hall–Kier alpha value is -3.87. The SMILES string of the molecule is O=C([O-])c1ccc(-c2ncc(Nc3cccc(C(F)(F)F)c3)c3ccccc23)cc1. The maximum absolute atomic E-state index is 13.0.